The summed E-state index contributed by atoms with van der Waals surface area (Å²) in [5, 5.41) is 5.46. The van der Waals surface area contributed by atoms with Gasteiger partial charge in [-0.05, 0) is 31.2 Å². The first kappa shape index (κ1) is 17.1. The fourth-order valence-electron chi connectivity index (χ4n) is 1.75. The Morgan fingerprint density at radius 2 is 2.04 bits per heavy atom. The first-order valence-corrected chi connectivity index (χ1v) is 9.01. The van der Waals surface area contributed by atoms with Crippen molar-refractivity contribution >= 4 is 27.3 Å². The molecule has 6 nitrogen and oxygen atoms in total. The number of amides is 1. The van der Waals surface area contributed by atoms with E-state index in [-0.39, 0.29) is 17.3 Å². The van der Waals surface area contributed by atoms with Gasteiger partial charge in [0.15, 0.2) is 0 Å². The predicted molar refractivity (Wildman–Crippen MR) is 88.5 cm³/mol. The number of nitrogens with one attached hydrogen (secondary N) is 2. The fourth-order valence-corrected chi connectivity index (χ4v) is 3.39. The van der Waals surface area contributed by atoms with Gasteiger partial charge in [-0.1, -0.05) is 5.92 Å². The van der Waals surface area contributed by atoms with Crippen LogP contribution < -0.4 is 10.0 Å². The van der Waals surface area contributed by atoms with Gasteiger partial charge in [-0.2, -0.15) is 4.72 Å². The van der Waals surface area contributed by atoms with Gasteiger partial charge in [-0.25, -0.2) is 13.4 Å². The molecule has 0 bridgehead atoms. The standard InChI is InChI=1S/C15H15N3O3S2/c1-3-8-17-23(20,21)13-6-4-12(5-7-13)15(19)16-9-14-18-11(2)10-22-14/h1,4-7,10,17H,8-9H2,2H3,(H,16,19). The highest BCUT2D eigenvalue weighted by Gasteiger charge is 2.14. The van der Waals surface area contributed by atoms with Crippen molar-refractivity contribution < 1.29 is 13.2 Å². The number of hydrogen-bond donors (Lipinski definition) is 2. The highest BCUT2D eigenvalue weighted by atomic mass is 32.2. The van der Waals surface area contributed by atoms with Gasteiger partial charge in [0.1, 0.15) is 5.01 Å². The van der Waals surface area contributed by atoms with Crippen molar-refractivity contribution in [3.8, 4) is 12.3 Å². The smallest absolute Gasteiger partial charge is 0.251 e. The van der Waals surface area contributed by atoms with Gasteiger partial charge in [0.2, 0.25) is 10.0 Å². The molecule has 120 valence electrons. The van der Waals surface area contributed by atoms with Crippen LogP contribution in [0.3, 0.4) is 0 Å². The highest BCUT2D eigenvalue weighted by molar-refractivity contribution is 7.89. The zero-order valence-corrected chi connectivity index (χ0v) is 14.0. The minimum Gasteiger partial charge on any atom is -0.346 e. The second kappa shape index (κ2) is 7.37. The Hall–Kier alpha value is -2.21. The molecule has 0 spiro atoms. The van der Waals surface area contributed by atoms with Crippen molar-refractivity contribution in [3.05, 3.63) is 45.9 Å². The summed E-state index contributed by atoms with van der Waals surface area (Å²) in [5.74, 6) is 1.90. The molecule has 8 heteroatoms. The Labute approximate surface area is 139 Å². The third-order valence-electron chi connectivity index (χ3n) is 2.86. The second-order valence-corrected chi connectivity index (χ2v) is 7.33. The molecule has 0 aliphatic rings. The van der Waals surface area contributed by atoms with Crippen LogP contribution >= 0.6 is 11.3 Å². The lowest BCUT2D eigenvalue weighted by atomic mass is 10.2. The van der Waals surface area contributed by atoms with E-state index >= 15 is 0 Å². The van der Waals surface area contributed by atoms with Crippen molar-refractivity contribution in [2.24, 2.45) is 0 Å². The number of benzene rings is 1. The van der Waals surface area contributed by atoms with Gasteiger partial charge < -0.3 is 5.32 Å². The molecule has 0 aliphatic carbocycles. The van der Waals surface area contributed by atoms with Gasteiger partial charge in [0.25, 0.3) is 5.91 Å². The molecular formula is C15H15N3O3S2. The van der Waals surface area contributed by atoms with E-state index in [1.54, 1.807) is 0 Å². The number of rotatable bonds is 6. The molecule has 1 aromatic carbocycles. The highest BCUT2D eigenvalue weighted by Crippen LogP contribution is 2.11. The molecule has 0 saturated carbocycles. The summed E-state index contributed by atoms with van der Waals surface area (Å²) in [6.45, 7) is 2.13. The molecule has 0 radical (unpaired) electrons. The lowest BCUT2D eigenvalue weighted by molar-refractivity contribution is 0.0950. The Morgan fingerprint density at radius 3 is 2.61 bits per heavy atom. The largest absolute Gasteiger partial charge is 0.346 e. The van der Waals surface area contributed by atoms with E-state index in [2.05, 4.69) is 20.9 Å². The van der Waals surface area contributed by atoms with E-state index in [9.17, 15) is 13.2 Å². The quantitative estimate of drug-likeness (QED) is 0.769. The molecule has 0 fully saturated rings. The van der Waals surface area contributed by atoms with Crippen molar-refractivity contribution in [2.45, 2.75) is 18.4 Å². The van der Waals surface area contributed by atoms with Crippen LogP contribution in [0.1, 0.15) is 21.1 Å². The minimum atomic E-state index is -3.65. The predicted octanol–water partition coefficient (Wildman–Crippen LogP) is 1.29. The molecule has 0 atom stereocenters. The maximum absolute atomic E-state index is 12.0. The van der Waals surface area contributed by atoms with Crippen molar-refractivity contribution in [1.29, 1.82) is 0 Å². The number of aromatic nitrogens is 1. The number of carbonyl (C=O) groups excluding carboxylic acids is 1. The molecule has 23 heavy (non-hydrogen) atoms. The van der Waals surface area contributed by atoms with Crippen molar-refractivity contribution in [1.82, 2.24) is 15.0 Å². The van der Waals surface area contributed by atoms with Crippen LogP contribution in [0, 0.1) is 19.3 Å². The van der Waals surface area contributed by atoms with E-state index in [0.29, 0.717) is 12.1 Å². The van der Waals surface area contributed by atoms with Crippen LogP contribution in [0.2, 0.25) is 0 Å². The number of nitrogens with zero attached hydrogens (tertiary/aromatic N) is 1. The average molecular weight is 349 g/mol. The summed E-state index contributed by atoms with van der Waals surface area (Å²) in [7, 11) is -3.65. The molecule has 1 heterocycles. The van der Waals surface area contributed by atoms with Crippen molar-refractivity contribution in [3.63, 3.8) is 0 Å². The van der Waals surface area contributed by atoms with E-state index in [0.717, 1.165) is 10.7 Å². The van der Waals surface area contributed by atoms with Crippen LogP contribution in [0.5, 0.6) is 0 Å². The van der Waals surface area contributed by atoms with Crippen LogP contribution in [0.4, 0.5) is 0 Å². The van der Waals surface area contributed by atoms with Gasteiger partial charge >= 0.3 is 0 Å². The van der Waals surface area contributed by atoms with Gasteiger partial charge in [-0.3, -0.25) is 4.79 Å². The van der Waals surface area contributed by atoms with Gasteiger partial charge in [0.05, 0.1) is 18.0 Å². The maximum Gasteiger partial charge on any atom is 0.251 e. The summed E-state index contributed by atoms with van der Waals surface area (Å²) < 4.78 is 26.0. The Balaban J connectivity index is 2.01. The molecule has 1 amide bonds. The second-order valence-electron chi connectivity index (χ2n) is 4.62. The molecule has 0 saturated heterocycles. The molecule has 0 aliphatic heterocycles. The summed E-state index contributed by atoms with van der Waals surface area (Å²) >= 11 is 1.47. The van der Waals surface area contributed by atoms with Crippen LogP contribution in [0.15, 0.2) is 34.5 Å². The third-order valence-corrected chi connectivity index (χ3v) is 5.24. The number of aryl methyl sites for hydroxylation is 1. The van der Waals surface area contributed by atoms with Crippen molar-refractivity contribution in [2.75, 3.05) is 6.54 Å². The Morgan fingerprint density at radius 1 is 1.35 bits per heavy atom. The summed E-state index contributed by atoms with van der Waals surface area (Å²) in [6.07, 6.45) is 5.03. The Kier molecular flexibility index (Phi) is 5.50. The SMILES string of the molecule is C#CCNS(=O)(=O)c1ccc(C(=O)NCc2nc(C)cs2)cc1. The molecule has 2 N–H and O–H groups in total. The number of terminal acetylenes is 1. The summed E-state index contributed by atoms with van der Waals surface area (Å²) in [4.78, 5) is 16.3. The number of carbonyl (C=O) groups is 1. The van der Waals surface area contributed by atoms with E-state index in [1.807, 2.05) is 12.3 Å². The van der Waals surface area contributed by atoms with Gasteiger partial charge in [-0.15, -0.1) is 17.8 Å². The molecule has 2 rings (SSSR count). The number of hydrogen-bond acceptors (Lipinski definition) is 5. The topological polar surface area (TPSA) is 88.2 Å². The van der Waals surface area contributed by atoms with Gasteiger partial charge in [0, 0.05) is 16.6 Å². The van der Waals surface area contributed by atoms with Crippen LogP contribution in [-0.2, 0) is 16.6 Å². The lowest BCUT2D eigenvalue weighted by Crippen LogP contribution is -2.25. The molecule has 0 unspecified atom stereocenters. The zero-order valence-electron chi connectivity index (χ0n) is 12.4. The van der Waals surface area contributed by atoms with E-state index in [1.165, 1.54) is 35.6 Å². The number of sulfonamides is 1. The van der Waals surface area contributed by atoms with E-state index in [4.69, 9.17) is 6.42 Å². The van der Waals surface area contributed by atoms with E-state index < -0.39 is 10.0 Å². The molecule has 1 aromatic heterocycles. The maximum atomic E-state index is 12.0. The Bertz CT molecular complexity index is 834. The minimum absolute atomic E-state index is 0.0554. The zero-order chi connectivity index (χ0) is 16.9. The summed E-state index contributed by atoms with van der Waals surface area (Å²) in [5.41, 5.74) is 1.28. The normalized spacial score (nSPS) is 11.0. The average Bonchev–Trinajstić information content (AvgIpc) is 2.96. The lowest BCUT2D eigenvalue weighted by Gasteiger charge is -2.06. The van der Waals surface area contributed by atoms with Crippen LogP contribution in [-0.4, -0.2) is 25.9 Å². The first-order valence-electron chi connectivity index (χ1n) is 6.65. The third kappa shape index (κ3) is 4.63. The first-order chi connectivity index (χ1) is 10.9. The number of thiazole rings is 1. The summed E-state index contributed by atoms with van der Waals surface area (Å²) in [6, 6.07) is 5.63. The fraction of sp³-hybridized carbons (Fsp3) is 0.200. The van der Waals surface area contributed by atoms with Crippen LogP contribution in [0.25, 0.3) is 0 Å². The monoisotopic (exact) mass is 349 g/mol. The molecular weight excluding hydrogens is 334 g/mol. The molecule has 2 aromatic rings.